The molecule has 21 heavy (non-hydrogen) atoms. The van der Waals surface area contributed by atoms with E-state index in [4.69, 9.17) is 4.74 Å². The zero-order valence-electron chi connectivity index (χ0n) is 12.5. The lowest BCUT2D eigenvalue weighted by Crippen LogP contribution is -2.21. The molecule has 1 atom stereocenters. The predicted octanol–water partition coefficient (Wildman–Crippen LogP) is 3.30. The maximum Gasteiger partial charge on any atom is 0.122 e. The SMILES string of the molecule is CCNC(CCc1cccnc1)c1ccc2c(c1)CCO2. The molecule has 1 aliphatic heterocycles. The van der Waals surface area contributed by atoms with E-state index in [9.17, 15) is 0 Å². The molecular weight excluding hydrogens is 260 g/mol. The smallest absolute Gasteiger partial charge is 0.122 e. The molecule has 0 saturated heterocycles. The van der Waals surface area contributed by atoms with E-state index in [2.05, 4.69) is 41.5 Å². The molecule has 0 amide bonds. The summed E-state index contributed by atoms with van der Waals surface area (Å²) < 4.78 is 5.59. The summed E-state index contributed by atoms with van der Waals surface area (Å²) in [5.41, 5.74) is 4.01. The molecule has 3 nitrogen and oxygen atoms in total. The minimum absolute atomic E-state index is 0.390. The highest BCUT2D eigenvalue weighted by atomic mass is 16.5. The quantitative estimate of drug-likeness (QED) is 0.882. The molecule has 2 heterocycles. The van der Waals surface area contributed by atoms with Gasteiger partial charge in [-0.3, -0.25) is 4.98 Å². The summed E-state index contributed by atoms with van der Waals surface area (Å²) in [4.78, 5) is 4.19. The fourth-order valence-corrected chi connectivity index (χ4v) is 2.91. The van der Waals surface area contributed by atoms with Gasteiger partial charge in [-0.05, 0) is 48.2 Å². The average molecular weight is 282 g/mol. The average Bonchev–Trinajstić information content (AvgIpc) is 3.00. The van der Waals surface area contributed by atoms with E-state index < -0.39 is 0 Å². The van der Waals surface area contributed by atoms with Gasteiger partial charge in [0, 0.05) is 24.9 Å². The first-order chi connectivity index (χ1) is 10.4. The van der Waals surface area contributed by atoms with Crippen LogP contribution in [0.2, 0.25) is 0 Å². The van der Waals surface area contributed by atoms with Crippen molar-refractivity contribution in [3.05, 3.63) is 59.4 Å². The molecule has 1 aromatic carbocycles. The Kier molecular flexibility index (Phi) is 4.51. The van der Waals surface area contributed by atoms with Crippen molar-refractivity contribution in [1.82, 2.24) is 10.3 Å². The summed E-state index contributed by atoms with van der Waals surface area (Å²) in [6.45, 7) is 3.96. The molecule has 0 bridgehead atoms. The van der Waals surface area contributed by atoms with E-state index in [1.807, 2.05) is 18.5 Å². The van der Waals surface area contributed by atoms with Gasteiger partial charge < -0.3 is 10.1 Å². The van der Waals surface area contributed by atoms with Crippen LogP contribution in [-0.2, 0) is 12.8 Å². The summed E-state index contributed by atoms with van der Waals surface area (Å²) in [6.07, 6.45) is 6.94. The van der Waals surface area contributed by atoms with Crippen LogP contribution in [0.1, 0.15) is 36.1 Å². The summed E-state index contributed by atoms with van der Waals surface area (Å²) in [6, 6.07) is 11.2. The summed E-state index contributed by atoms with van der Waals surface area (Å²) in [5, 5.41) is 3.60. The van der Waals surface area contributed by atoms with E-state index in [-0.39, 0.29) is 0 Å². The zero-order chi connectivity index (χ0) is 14.5. The van der Waals surface area contributed by atoms with Gasteiger partial charge >= 0.3 is 0 Å². The molecule has 0 saturated carbocycles. The van der Waals surface area contributed by atoms with Crippen LogP contribution in [0.15, 0.2) is 42.7 Å². The molecule has 2 aromatic rings. The molecule has 3 heteroatoms. The zero-order valence-corrected chi connectivity index (χ0v) is 12.5. The highest BCUT2D eigenvalue weighted by molar-refractivity contribution is 5.40. The van der Waals surface area contributed by atoms with Crippen molar-refractivity contribution in [2.75, 3.05) is 13.2 Å². The number of pyridine rings is 1. The second-order valence-electron chi connectivity index (χ2n) is 5.48. The Morgan fingerprint density at radius 2 is 2.29 bits per heavy atom. The van der Waals surface area contributed by atoms with Crippen molar-refractivity contribution >= 4 is 0 Å². The first-order valence-electron chi connectivity index (χ1n) is 7.74. The van der Waals surface area contributed by atoms with Crippen LogP contribution in [0.4, 0.5) is 0 Å². The van der Waals surface area contributed by atoms with Gasteiger partial charge in [-0.25, -0.2) is 0 Å². The Balaban J connectivity index is 1.72. The number of aryl methyl sites for hydroxylation is 1. The van der Waals surface area contributed by atoms with Crippen LogP contribution < -0.4 is 10.1 Å². The van der Waals surface area contributed by atoms with Crippen molar-refractivity contribution in [1.29, 1.82) is 0 Å². The third kappa shape index (κ3) is 3.42. The number of rotatable bonds is 6. The predicted molar refractivity (Wildman–Crippen MR) is 84.6 cm³/mol. The Labute approximate surface area is 126 Å². The molecule has 0 spiro atoms. The van der Waals surface area contributed by atoms with Crippen molar-refractivity contribution in [3.8, 4) is 5.75 Å². The van der Waals surface area contributed by atoms with Gasteiger partial charge in [0.05, 0.1) is 6.61 Å². The number of nitrogens with zero attached hydrogens (tertiary/aromatic N) is 1. The van der Waals surface area contributed by atoms with E-state index in [1.165, 1.54) is 16.7 Å². The second-order valence-corrected chi connectivity index (χ2v) is 5.48. The monoisotopic (exact) mass is 282 g/mol. The Morgan fingerprint density at radius 1 is 1.33 bits per heavy atom. The van der Waals surface area contributed by atoms with Gasteiger partial charge in [0.25, 0.3) is 0 Å². The second kappa shape index (κ2) is 6.72. The van der Waals surface area contributed by atoms with Crippen LogP contribution in [-0.4, -0.2) is 18.1 Å². The standard InChI is InChI=1S/C18H22N2O/c1-2-20-17(7-5-14-4-3-10-19-13-14)15-6-8-18-16(12-15)9-11-21-18/h3-4,6,8,10,12-13,17,20H,2,5,7,9,11H2,1H3. The largest absolute Gasteiger partial charge is 0.493 e. The molecule has 3 rings (SSSR count). The third-order valence-electron chi connectivity index (χ3n) is 4.01. The van der Waals surface area contributed by atoms with Crippen LogP contribution in [0.3, 0.4) is 0 Å². The van der Waals surface area contributed by atoms with E-state index in [0.717, 1.165) is 38.2 Å². The van der Waals surface area contributed by atoms with E-state index >= 15 is 0 Å². The number of ether oxygens (including phenoxy) is 1. The molecule has 0 fully saturated rings. The van der Waals surface area contributed by atoms with Crippen LogP contribution in [0, 0.1) is 0 Å². The summed E-state index contributed by atoms with van der Waals surface area (Å²) >= 11 is 0. The van der Waals surface area contributed by atoms with Gasteiger partial charge in [0.2, 0.25) is 0 Å². The lowest BCUT2D eigenvalue weighted by atomic mass is 9.97. The van der Waals surface area contributed by atoms with Crippen molar-refractivity contribution in [2.45, 2.75) is 32.2 Å². The highest BCUT2D eigenvalue weighted by Gasteiger charge is 2.16. The number of hydrogen-bond donors (Lipinski definition) is 1. The number of benzene rings is 1. The van der Waals surface area contributed by atoms with Gasteiger partial charge in [0.1, 0.15) is 5.75 Å². The topological polar surface area (TPSA) is 34.2 Å². The summed E-state index contributed by atoms with van der Waals surface area (Å²) in [5.74, 6) is 1.06. The van der Waals surface area contributed by atoms with Gasteiger partial charge in [-0.2, -0.15) is 0 Å². The van der Waals surface area contributed by atoms with Crippen LogP contribution >= 0.6 is 0 Å². The fourth-order valence-electron chi connectivity index (χ4n) is 2.91. The number of hydrogen-bond acceptors (Lipinski definition) is 3. The van der Waals surface area contributed by atoms with Crippen molar-refractivity contribution in [2.24, 2.45) is 0 Å². The number of fused-ring (bicyclic) bond motifs is 1. The first kappa shape index (κ1) is 14.1. The maximum absolute atomic E-state index is 5.59. The minimum Gasteiger partial charge on any atom is -0.493 e. The Bertz CT molecular complexity index is 583. The third-order valence-corrected chi connectivity index (χ3v) is 4.01. The Morgan fingerprint density at radius 3 is 3.10 bits per heavy atom. The van der Waals surface area contributed by atoms with E-state index in [0.29, 0.717) is 6.04 Å². The van der Waals surface area contributed by atoms with Crippen LogP contribution in [0.5, 0.6) is 5.75 Å². The molecule has 0 aliphatic carbocycles. The summed E-state index contributed by atoms with van der Waals surface area (Å²) in [7, 11) is 0. The van der Waals surface area contributed by atoms with Gasteiger partial charge in [0.15, 0.2) is 0 Å². The lowest BCUT2D eigenvalue weighted by Gasteiger charge is -2.19. The molecule has 1 unspecified atom stereocenters. The number of aromatic nitrogens is 1. The van der Waals surface area contributed by atoms with Crippen LogP contribution in [0.25, 0.3) is 0 Å². The normalized spacial score (nSPS) is 14.5. The number of nitrogens with one attached hydrogen (secondary N) is 1. The first-order valence-corrected chi connectivity index (χ1v) is 7.74. The van der Waals surface area contributed by atoms with Crippen molar-refractivity contribution in [3.63, 3.8) is 0 Å². The minimum atomic E-state index is 0.390. The van der Waals surface area contributed by atoms with E-state index in [1.54, 1.807) is 0 Å². The molecule has 1 aliphatic rings. The lowest BCUT2D eigenvalue weighted by molar-refractivity contribution is 0.356. The molecule has 0 radical (unpaired) electrons. The molecular formula is C18H22N2O. The van der Waals surface area contributed by atoms with Gasteiger partial charge in [-0.1, -0.05) is 25.1 Å². The van der Waals surface area contributed by atoms with Crippen molar-refractivity contribution < 1.29 is 4.74 Å². The molecule has 1 aromatic heterocycles. The molecule has 110 valence electrons. The Hall–Kier alpha value is -1.87. The molecule has 1 N–H and O–H groups in total. The van der Waals surface area contributed by atoms with Gasteiger partial charge in [-0.15, -0.1) is 0 Å². The highest BCUT2D eigenvalue weighted by Crippen LogP contribution is 2.29. The fraction of sp³-hybridized carbons (Fsp3) is 0.389. The maximum atomic E-state index is 5.59.